The van der Waals surface area contributed by atoms with E-state index in [-0.39, 0.29) is 5.95 Å². The summed E-state index contributed by atoms with van der Waals surface area (Å²) < 4.78 is 0.725. The van der Waals surface area contributed by atoms with Crippen molar-refractivity contribution in [2.24, 2.45) is 0 Å². The largest absolute Gasteiger partial charge is 0.326 e. The fourth-order valence-electron chi connectivity index (χ4n) is 1.21. The molecule has 2 aromatic rings. The Morgan fingerprint density at radius 3 is 2.42 bits per heavy atom. The number of urea groups is 1. The van der Waals surface area contributed by atoms with Crippen LogP contribution in [0.25, 0.3) is 0 Å². The molecular weight excluding hydrogens is 355 g/mol. The zero-order chi connectivity index (χ0) is 13.8. The van der Waals surface area contributed by atoms with Crippen LogP contribution in [-0.4, -0.2) is 16.0 Å². The molecule has 0 atom stereocenters. The predicted molar refractivity (Wildman–Crippen MR) is 78.8 cm³/mol. The van der Waals surface area contributed by atoms with Gasteiger partial charge in [0.05, 0.1) is 14.5 Å². The van der Waals surface area contributed by atoms with Crippen molar-refractivity contribution in [2.45, 2.75) is 0 Å². The number of hydrogen-bond donors (Lipinski definition) is 2. The second kappa shape index (κ2) is 6.18. The molecule has 2 rings (SSSR count). The van der Waals surface area contributed by atoms with Crippen LogP contribution in [0.4, 0.5) is 16.4 Å². The van der Waals surface area contributed by atoms with E-state index in [4.69, 9.17) is 23.2 Å². The second-order valence-electron chi connectivity index (χ2n) is 3.43. The molecule has 0 unspecified atom stereocenters. The van der Waals surface area contributed by atoms with Crippen molar-refractivity contribution in [3.05, 3.63) is 45.1 Å². The van der Waals surface area contributed by atoms with Crippen LogP contribution in [-0.2, 0) is 0 Å². The molecule has 0 aliphatic heterocycles. The van der Waals surface area contributed by atoms with Crippen LogP contribution in [0, 0.1) is 0 Å². The van der Waals surface area contributed by atoms with Crippen LogP contribution in [0.5, 0.6) is 0 Å². The lowest BCUT2D eigenvalue weighted by Gasteiger charge is -2.07. The number of nitrogens with one attached hydrogen (secondary N) is 2. The first-order valence-corrected chi connectivity index (χ1v) is 6.60. The van der Waals surface area contributed by atoms with Crippen LogP contribution < -0.4 is 10.6 Å². The zero-order valence-electron chi connectivity index (χ0n) is 9.32. The molecule has 2 N–H and O–H groups in total. The van der Waals surface area contributed by atoms with E-state index in [1.807, 2.05) is 0 Å². The van der Waals surface area contributed by atoms with Crippen molar-refractivity contribution in [1.29, 1.82) is 0 Å². The Labute approximate surface area is 127 Å². The van der Waals surface area contributed by atoms with Crippen LogP contribution in [0.15, 0.2) is 35.1 Å². The van der Waals surface area contributed by atoms with E-state index in [2.05, 4.69) is 36.5 Å². The van der Waals surface area contributed by atoms with Crippen molar-refractivity contribution in [3.8, 4) is 0 Å². The highest BCUT2D eigenvalue weighted by Gasteiger charge is 2.06. The molecule has 0 bridgehead atoms. The van der Waals surface area contributed by atoms with Gasteiger partial charge in [0.15, 0.2) is 0 Å². The molecule has 0 saturated heterocycles. The van der Waals surface area contributed by atoms with E-state index in [9.17, 15) is 4.79 Å². The zero-order valence-corrected chi connectivity index (χ0v) is 12.4. The normalized spacial score (nSPS) is 10.1. The topological polar surface area (TPSA) is 66.9 Å². The second-order valence-corrected chi connectivity index (χ2v) is 5.16. The maximum absolute atomic E-state index is 11.7. The van der Waals surface area contributed by atoms with E-state index in [0.29, 0.717) is 15.7 Å². The first kappa shape index (κ1) is 14.0. The van der Waals surface area contributed by atoms with Gasteiger partial charge in [-0.2, -0.15) is 0 Å². The minimum Gasteiger partial charge on any atom is -0.308 e. The highest BCUT2D eigenvalue weighted by molar-refractivity contribution is 9.10. The molecular formula is C11H7BrCl2N4O. The number of nitrogens with zero attached hydrogens (tertiary/aromatic N) is 2. The summed E-state index contributed by atoms with van der Waals surface area (Å²) >= 11 is 14.8. The summed E-state index contributed by atoms with van der Waals surface area (Å²) in [6, 6.07) is 4.30. The van der Waals surface area contributed by atoms with Crippen molar-refractivity contribution < 1.29 is 4.79 Å². The minimum absolute atomic E-state index is 0.195. The van der Waals surface area contributed by atoms with Gasteiger partial charge in [-0.05, 0) is 34.1 Å². The van der Waals surface area contributed by atoms with Crippen molar-refractivity contribution in [3.63, 3.8) is 0 Å². The fourth-order valence-corrected chi connectivity index (χ4v) is 1.72. The fraction of sp³-hybridized carbons (Fsp3) is 0. The molecule has 0 saturated carbocycles. The Hall–Kier alpha value is -1.37. The summed E-state index contributed by atoms with van der Waals surface area (Å²) in [5.74, 6) is 0.195. The van der Waals surface area contributed by atoms with Gasteiger partial charge in [-0.15, -0.1) is 0 Å². The molecule has 98 valence electrons. The Bertz CT molecular complexity index is 606. The van der Waals surface area contributed by atoms with E-state index in [0.717, 1.165) is 4.47 Å². The highest BCUT2D eigenvalue weighted by atomic mass is 79.9. The average molecular weight is 362 g/mol. The standard InChI is InChI=1S/C11H7BrCl2N4O/c12-6-4-15-10(16-5-6)18-11(19)17-7-1-2-8(13)9(14)3-7/h1-5H,(H2,15,16,17,18,19). The van der Waals surface area contributed by atoms with E-state index < -0.39 is 6.03 Å². The van der Waals surface area contributed by atoms with E-state index >= 15 is 0 Å². The summed E-state index contributed by atoms with van der Waals surface area (Å²) in [6.07, 6.45) is 3.06. The van der Waals surface area contributed by atoms with Crippen LogP contribution in [0.1, 0.15) is 0 Å². The summed E-state index contributed by atoms with van der Waals surface area (Å²) in [6.45, 7) is 0. The van der Waals surface area contributed by atoms with Crippen LogP contribution in [0.2, 0.25) is 10.0 Å². The first-order valence-electron chi connectivity index (χ1n) is 5.05. The highest BCUT2D eigenvalue weighted by Crippen LogP contribution is 2.24. The van der Waals surface area contributed by atoms with Gasteiger partial charge in [-0.25, -0.2) is 14.8 Å². The third-order valence-electron chi connectivity index (χ3n) is 2.02. The van der Waals surface area contributed by atoms with E-state index in [1.165, 1.54) is 12.4 Å². The smallest absolute Gasteiger partial charge is 0.308 e. The lowest BCUT2D eigenvalue weighted by atomic mass is 10.3. The summed E-state index contributed by atoms with van der Waals surface area (Å²) in [5.41, 5.74) is 0.518. The maximum Gasteiger partial charge on any atom is 0.326 e. The number of rotatable bonds is 2. The monoisotopic (exact) mass is 360 g/mol. The first-order chi connectivity index (χ1) is 9.04. The van der Waals surface area contributed by atoms with Crippen molar-refractivity contribution >= 4 is 56.8 Å². The van der Waals surface area contributed by atoms with Gasteiger partial charge in [-0.3, -0.25) is 5.32 Å². The number of halogens is 3. The predicted octanol–water partition coefficient (Wildman–Crippen LogP) is 4.19. The van der Waals surface area contributed by atoms with Gasteiger partial charge in [0.25, 0.3) is 0 Å². The Morgan fingerprint density at radius 1 is 1.11 bits per heavy atom. The molecule has 19 heavy (non-hydrogen) atoms. The molecule has 2 amide bonds. The molecule has 0 radical (unpaired) electrons. The Balaban J connectivity index is 2.01. The minimum atomic E-state index is -0.472. The summed E-state index contributed by atoms with van der Waals surface area (Å²) in [7, 11) is 0. The Kier molecular flexibility index (Phi) is 4.57. The molecule has 0 aliphatic rings. The quantitative estimate of drug-likeness (QED) is 0.842. The number of hydrogen-bond acceptors (Lipinski definition) is 3. The van der Waals surface area contributed by atoms with Crippen LogP contribution in [0.3, 0.4) is 0 Å². The summed E-state index contributed by atoms with van der Waals surface area (Å²) in [5, 5.41) is 5.85. The van der Waals surface area contributed by atoms with Crippen molar-refractivity contribution in [2.75, 3.05) is 10.6 Å². The molecule has 0 spiro atoms. The maximum atomic E-state index is 11.7. The van der Waals surface area contributed by atoms with E-state index in [1.54, 1.807) is 18.2 Å². The van der Waals surface area contributed by atoms with Gasteiger partial charge >= 0.3 is 6.03 Å². The number of carbonyl (C=O) groups excluding carboxylic acids is 1. The van der Waals surface area contributed by atoms with Gasteiger partial charge < -0.3 is 5.32 Å². The van der Waals surface area contributed by atoms with Gasteiger partial charge in [0.2, 0.25) is 5.95 Å². The summed E-state index contributed by atoms with van der Waals surface area (Å²) in [4.78, 5) is 19.5. The molecule has 1 heterocycles. The third-order valence-corrected chi connectivity index (χ3v) is 3.17. The number of amides is 2. The van der Waals surface area contributed by atoms with Gasteiger partial charge in [-0.1, -0.05) is 23.2 Å². The van der Waals surface area contributed by atoms with Gasteiger partial charge in [0.1, 0.15) is 0 Å². The number of benzene rings is 1. The molecule has 1 aromatic heterocycles. The Morgan fingerprint density at radius 2 is 1.79 bits per heavy atom. The molecule has 0 fully saturated rings. The number of anilines is 2. The number of carbonyl (C=O) groups is 1. The lowest BCUT2D eigenvalue weighted by molar-refractivity contribution is 0.262. The molecule has 1 aromatic carbocycles. The SMILES string of the molecule is O=C(Nc1ccc(Cl)c(Cl)c1)Nc1ncc(Br)cn1. The lowest BCUT2D eigenvalue weighted by Crippen LogP contribution is -2.20. The third kappa shape index (κ3) is 4.05. The molecule has 8 heteroatoms. The van der Waals surface area contributed by atoms with Crippen molar-refractivity contribution in [1.82, 2.24) is 9.97 Å². The average Bonchev–Trinajstić information content (AvgIpc) is 2.37. The number of aromatic nitrogens is 2. The van der Waals surface area contributed by atoms with Gasteiger partial charge in [0, 0.05) is 18.1 Å². The molecule has 5 nitrogen and oxygen atoms in total. The van der Waals surface area contributed by atoms with Crippen LogP contribution >= 0.6 is 39.1 Å². The molecule has 0 aliphatic carbocycles.